The van der Waals surface area contributed by atoms with Crippen LogP contribution in [0.25, 0.3) is 0 Å². The second kappa shape index (κ2) is 9.07. The van der Waals surface area contributed by atoms with Gasteiger partial charge in [0.15, 0.2) is 0 Å². The second-order valence-corrected chi connectivity index (χ2v) is 6.51. The van der Waals surface area contributed by atoms with Crippen molar-refractivity contribution in [1.29, 1.82) is 5.26 Å². The van der Waals surface area contributed by atoms with Crippen LogP contribution in [0.15, 0.2) is 29.4 Å². The predicted molar refractivity (Wildman–Crippen MR) is 91.8 cm³/mol. The molecule has 0 aliphatic heterocycles. The van der Waals surface area contributed by atoms with Crippen LogP contribution in [-0.4, -0.2) is 39.1 Å². The number of nitrogens with zero attached hydrogens (tertiary/aromatic N) is 3. The Hall–Kier alpha value is -2.18. The number of hydrogen-bond acceptors (Lipinski definition) is 7. The van der Waals surface area contributed by atoms with Crippen molar-refractivity contribution in [3.8, 4) is 6.07 Å². The van der Waals surface area contributed by atoms with E-state index < -0.39 is 0 Å². The van der Waals surface area contributed by atoms with Gasteiger partial charge in [0, 0.05) is 18.1 Å². The molecule has 0 radical (unpaired) electrons. The van der Waals surface area contributed by atoms with Gasteiger partial charge in [-0.15, -0.1) is 5.10 Å². The lowest BCUT2D eigenvalue weighted by Gasteiger charge is -2.05. The molecule has 0 fully saturated rings. The van der Waals surface area contributed by atoms with Gasteiger partial charge in [0.2, 0.25) is 17.0 Å². The first-order valence-electron chi connectivity index (χ1n) is 6.82. The van der Waals surface area contributed by atoms with Gasteiger partial charge in [0.1, 0.15) is 0 Å². The van der Waals surface area contributed by atoms with Crippen LogP contribution in [0, 0.1) is 11.3 Å². The Morgan fingerprint density at radius 2 is 2.26 bits per heavy atom. The number of aromatic nitrogens is 3. The lowest BCUT2D eigenvalue weighted by atomic mass is 10.1. The number of thioether (sulfide) groups is 2. The molecule has 1 aromatic carbocycles. The van der Waals surface area contributed by atoms with Gasteiger partial charge in [-0.3, -0.25) is 4.79 Å². The largest absolute Gasteiger partial charge is 0.368 e. The number of H-pyrrole nitrogens is 1. The third-order valence-corrected chi connectivity index (χ3v) is 4.63. The number of anilines is 1. The first kappa shape index (κ1) is 17.2. The Bertz CT molecular complexity index is 697. The highest BCUT2D eigenvalue weighted by molar-refractivity contribution is 7.99. The monoisotopic (exact) mass is 348 g/mol. The van der Waals surface area contributed by atoms with Crippen molar-refractivity contribution in [3.05, 3.63) is 35.4 Å². The van der Waals surface area contributed by atoms with Gasteiger partial charge in [-0.25, -0.2) is 5.10 Å². The van der Waals surface area contributed by atoms with E-state index >= 15 is 0 Å². The molecule has 2 rings (SSSR count). The first-order chi connectivity index (χ1) is 11.2. The quantitative estimate of drug-likeness (QED) is 0.487. The normalized spacial score (nSPS) is 10.2. The molecule has 0 aliphatic carbocycles. The van der Waals surface area contributed by atoms with Gasteiger partial charge in [-0.2, -0.15) is 22.0 Å². The smallest absolute Gasteiger partial charge is 0.230 e. The van der Waals surface area contributed by atoms with E-state index in [1.54, 1.807) is 11.8 Å². The summed E-state index contributed by atoms with van der Waals surface area (Å²) in [5.41, 5.74) is 7.12. The van der Waals surface area contributed by atoms with Crippen LogP contribution in [-0.2, 0) is 10.5 Å². The summed E-state index contributed by atoms with van der Waals surface area (Å²) in [6.07, 6.45) is 0. The van der Waals surface area contributed by atoms with Crippen LogP contribution < -0.4 is 11.1 Å². The summed E-state index contributed by atoms with van der Waals surface area (Å²) in [7, 11) is 0. The summed E-state index contributed by atoms with van der Waals surface area (Å²) in [5, 5.41) is 18.7. The minimum absolute atomic E-state index is 0.0728. The fourth-order valence-corrected chi connectivity index (χ4v) is 3.20. The minimum atomic E-state index is -0.0728. The molecule has 0 saturated carbocycles. The number of nitrogen functional groups attached to an aromatic ring is 1. The van der Waals surface area contributed by atoms with Gasteiger partial charge in [0.25, 0.3) is 0 Å². The molecule has 0 unspecified atom stereocenters. The van der Waals surface area contributed by atoms with E-state index in [1.165, 1.54) is 11.8 Å². The van der Waals surface area contributed by atoms with Crippen LogP contribution >= 0.6 is 23.5 Å². The zero-order valence-electron chi connectivity index (χ0n) is 12.3. The number of hydrogen-bond donors (Lipinski definition) is 3. The standard InChI is InChI=1S/C14H16N6OS2/c15-7-10-3-1-2-4-11(10)8-22-6-5-17-12(21)9-23-14-18-13(16)19-20-14/h1-4H,5-6,8-9H2,(H,17,21)(H3,16,18,19,20). The van der Waals surface area contributed by atoms with Crippen molar-refractivity contribution in [2.24, 2.45) is 0 Å². The number of rotatable bonds is 8. The molecule has 1 aromatic heterocycles. The lowest BCUT2D eigenvalue weighted by molar-refractivity contribution is -0.118. The van der Waals surface area contributed by atoms with E-state index in [0.717, 1.165) is 17.1 Å². The summed E-state index contributed by atoms with van der Waals surface area (Å²) in [6.45, 7) is 0.578. The topological polar surface area (TPSA) is 120 Å². The van der Waals surface area contributed by atoms with E-state index in [9.17, 15) is 4.79 Å². The minimum Gasteiger partial charge on any atom is -0.368 e. The summed E-state index contributed by atoms with van der Waals surface area (Å²) >= 11 is 2.90. The summed E-state index contributed by atoms with van der Waals surface area (Å²) in [6, 6.07) is 9.71. The molecular formula is C14H16N6OS2. The van der Waals surface area contributed by atoms with Crippen LogP contribution in [0.5, 0.6) is 0 Å². The lowest BCUT2D eigenvalue weighted by Crippen LogP contribution is -2.27. The molecule has 0 atom stereocenters. The number of aromatic amines is 1. The number of nitrogens with one attached hydrogen (secondary N) is 2. The Morgan fingerprint density at radius 3 is 3.00 bits per heavy atom. The number of nitrogens with two attached hydrogens (primary N) is 1. The molecule has 0 bridgehead atoms. The van der Waals surface area contributed by atoms with Crippen LogP contribution in [0.1, 0.15) is 11.1 Å². The molecule has 9 heteroatoms. The van der Waals surface area contributed by atoms with Gasteiger partial charge in [-0.1, -0.05) is 30.0 Å². The maximum atomic E-state index is 11.7. The Balaban J connectivity index is 1.60. The molecule has 2 aromatic rings. The van der Waals surface area contributed by atoms with Crippen molar-refractivity contribution in [3.63, 3.8) is 0 Å². The number of nitriles is 1. The molecule has 1 heterocycles. The van der Waals surface area contributed by atoms with E-state index in [4.69, 9.17) is 11.0 Å². The Labute approximate surface area is 142 Å². The average molecular weight is 348 g/mol. The van der Waals surface area contributed by atoms with Crippen LogP contribution in [0.4, 0.5) is 5.95 Å². The summed E-state index contributed by atoms with van der Waals surface area (Å²) < 4.78 is 0. The van der Waals surface area contributed by atoms with Gasteiger partial charge in [-0.05, 0) is 11.6 Å². The van der Waals surface area contributed by atoms with Crippen LogP contribution in [0.2, 0.25) is 0 Å². The second-order valence-electron chi connectivity index (χ2n) is 4.46. The molecule has 23 heavy (non-hydrogen) atoms. The number of benzene rings is 1. The number of amides is 1. The van der Waals surface area contributed by atoms with Gasteiger partial charge in [0.05, 0.1) is 17.4 Å². The Kier molecular flexibility index (Phi) is 6.77. The van der Waals surface area contributed by atoms with Crippen molar-refractivity contribution >= 4 is 35.4 Å². The fourth-order valence-electron chi connectivity index (χ4n) is 1.70. The average Bonchev–Trinajstić information content (AvgIpc) is 2.98. The highest BCUT2D eigenvalue weighted by Gasteiger charge is 2.06. The molecule has 0 aliphatic rings. The SMILES string of the molecule is N#Cc1ccccc1CSCCNC(=O)CSc1n[nH]c(N)n1. The number of carbonyl (C=O) groups excluding carboxylic acids is 1. The molecule has 0 saturated heterocycles. The fraction of sp³-hybridized carbons (Fsp3) is 0.286. The van der Waals surface area contributed by atoms with E-state index in [2.05, 4.69) is 26.6 Å². The van der Waals surface area contributed by atoms with Crippen LogP contribution in [0.3, 0.4) is 0 Å². The molecule has 120 valence electrons. The first-order valence-corrected chi connectivity index (χ1v) is 8.96. The van der Waals surface area contributed by atoms with Crippen molar-refractivity contribution < 1.29 is 4.79 Å². The maximum Gasteiger partial charge on any atom is 0.230 e. The number of carbonyl (C=O) groups is 1. The van der Waals surface area contributed by atoms with E-state index in [0.29, 0.717) is 17.3 Å². The van der Waals surface area contributed by atoms with E-state index in [-0.39, 0.29) is 17.6 Å². The zero-order valence-corrected chi connectivity index (χ0v) is 13.9. The van der Waals surface area contributed by atoms with Crippen molar-refractivity contribution in [1.82, 2.24) is 20.5 Å². The van der Waals surface area contributed by atoms with E-state index in [1.807, 2.05) is 24.3 Å². The molecule has 7 nitrogen and oxygen atoms in total. The zero-order chi connectivity index (χ0) is 16.5. The third-order valence-electron chi connectivity index (χ3n) is 2.78. The highest BCUT2D eigenvalue weighted by Crippen LogP contribution is 2.15. The molecule has 0 spiro atoms. The maximum absolute atomic E-state index is 11.7. The summed E-state index contributed by atoms with van der Waals surface area (Å²) in [5.74, 6) is 1.95. The van der Waals surface area contributed by atoms with Crippen molar-refractivity contribution in [2.75, 3.05) is 23.8 Å². The Morgan fingerprint density at radius 1 is 1.43 bits per heavy atom. The predicted octanol–water partition coefficient (Wildman–Crippen LogP) is 1.40. The molecule has 1 amide bonds. The van der Waals surface area contributed by atoms with Crippen molar-refractivity contribution in [2.45, 2.75) is 10.9 Å². The highest BCUT2D eigenvalue weighted by atomic mass is 32.2. The summed E-state index contributed by atoms with van der Waals surface area (Å²) in [4.78, 5) is 15.6. The molecular weight excluding hydrogens is 332 g/mol. The molecule has 4 N–H and O–H groups in total. The van der Waals surface area contributed by atoms with Gasteiger partial charge >= 0.3 is 0 Å². The van der Waals surface area contributed by atoms with Gasteiger partial charge < -0.3 is 11.1 Å². The third kappa shape index (κ3) is 5.84.